The van der Waals surface area contributed by atoms with Gasteiger partial charge in [0.25, 0.3) is 5.91 Å². The van der Waals surface area contributed by atoms with Gasteiger partial charge in [0.05, 0.1) is 6.10 Å². The first-order valence-electron chi connectivity index (χ1n) is 7.55. The Morgan fingerprint density at radius 3 is 2.90 bits per heavy atom. The Balaban J connectivity index is 1.66. The number of pyridine rings is 1. The number of carbonyl (C=O) groups excluding carboxylic acids is 1. The van der Waals surface area contributed by atoms with Gasteiger partial charge in [-0.05, 0) is 30.2 Å². The second kappa shape index (κ2) is 4.81. The van der Waals surface area contributed by atoms with Gasteiger partial charge >= 0.3 is 0 Å². The zero-order valence-electron chi connectivity index (χ0n) is 11.8. The Labute approximate surface area is 123 Å². The second-order valence-corrected chi connectivity index (χ2v) is 6.16. The average molecular weight is 282 g/mol. The Morgan fingerprint density at radius 1 is 1.19 bits per heavy atom. The van der Waals surface area contributed by atoms with Crippen LogP contribution in [-0.4, -0.2) is 40.1 Å². The van der Waals surface area contributed by atoms with E-state index in [1.165, 1.54) is 0 Å². The van der Waals surface area contributed by atoms with Crippen molar-refractivity contribution in [1.29, 1.82) is 0 Å². The van der Waals surface area contributed by atoms with Crippen molar-refractivity contribution in [3.63, 3.8) is 0 Å². The van der Waals surface area contributed by atoms with E-state index in [1.54, 1.807) is 6.20 Å². The van der Waals surface area contributed by atoms with Crippen LogP contribution in [0.2, 0.25) is 0 Å². The zero-order chi connectivity index (χ0) is 14.4. The van der Waals surface area contributed by atoms with Crippen LogP contribution in [0.4, 0.5) is 0 Å². The van der Waals surface area contributed by atoms with Crippen molar-refractivity contribution in [2.45, 2.75) is 18.9 Å². The molecule has 0 radical (unpaired) electrons. The Morgan fingerprint density at radius 2 is 2.05 bits per heavy atom. The molecule has 2 aliphatic rings. The summed E-state index contributed by atoms with van der Waals surface area (Å²) in [5, 5.41) is 11.9. The molecule has 4 nitrogen and oxygen atoms in total. The van der Waals surface area contributed by atoms with Crippen LogP contribution in [0.15, 0.2) is 36.5 Å². The lowest BCUT2D eigenvalue weighted by Gasteiger charge is -2.18. The van der Waals surface area contributed by atoms with Crippen molar-refractivity contribution in [3.05, 3.63) is 42.2 Å². The normalized spacial score (nSPS) is 28.0. The number of fused-ring (bicyclic) bond motifs is 2. The molecule has 4 heteroatoms. The highest BCUT2D eigenvalue weighted by molar-refractivity contribution is 6.05. The summed E-state index contributed by atoms with van der Waals surface area (Å²) < 4.78 is 0. The number of aromatic nitrogens is 1. The minimum atomic E-state index is -0.242. The molecule has 1 aliphatic carbocycles. The number of aliphatic hydroxyl groups excluding tert-OH is 1. The third-order valence-electron chi connectivity index (χ3n) is 4.98. The Kier molecular flexibility index (Phi) is 2.93. The number of aliphatic hydroxyl groups is 1. The van der Waals surface area contributed by atoms with Crippen molar-refractivity contribution < 1.29 is 9.90 Å². The molecule has 21 heavy (non-hydrogen) atoms. The van der Waals surface area contributed by atoms with Gasteiger partial charge in [0.15, 0.2) is 0 Å². The Bertz CT molecular complexity index is 695. The minimum absolute atomic E-state index is 0.00611. The molecule has 3 unspecified atom stereocenters. The van der Waals surface area contributed by atoms with Crippen LogP contribution in [0.1, 0.15) is 23.3 Å². The first-order chi connectivity index (χ1) is 10.2. The fourth-order valence-corrected chi connectivity index (χ4v) is 3.84. The number of hydrogen-bond donors (Lipinski definition) is 1. The third kappa shape index (κ3) is 2.02. The van der Waals surface area contributed by atoms with E-state index in [0.29, 0.717) is 18.2 Å². The molecular formula is C17H18N2O2. The fraction of sp³-hybridized carbons (Fsp3) is 0.412. The predicted octanol–water partition coefficient (Wildman–Crippen LogP) is 2.08. The standard InChI is InChI=1S/C17H18N2O2/c20-15-6-5-12-9-19(10-14(12)15)17(21)16-13-4-2-1-3-11(13)7-8-18-16/h1-4,7-8,12,14-15,20H,5-6,9-10H2. The summed E-state index contributed by atoms with van der Waals surface area (Å²) >= 11 is 0. The summed E-state index contributed by atoms with van der Waals surface area (Å²) in [5.74, 6) is 0.705. The maximum Gasteiger partial charge on any atom is 0.273 e. The van der Waals surface area contributed by atoms with Crippen LogP contribution in [-0.2, 0) is 0 Å². The molecule has 1 amide bonds. The highest BCUT2D eigenvalue weighted by Crippen LogP contribution is 2.38. The van der Waals surface area contributed by atoms with Crippen molar-refractivity contribution in [1.82, 2.24) is 9.88 Å². The SMILES string of the molecule is O=C(c1nccc2ccccc12)N1CC2CCC(O)C2C1. The van der Waals surface area contributed by atoms with Crippen molar-refractivity contribution in [2.24, 2.45) is 11.8 Å². The van der Waals surface area contributed by atoms with E-state index < -0.39 is 0 Å². The van der Waals surface area contributed by atoms with E-state index in [-0.39, 0.29) is 17.9 Å². The molecule has 2 fully saturated rings. The van der Waals surface area contributed by atoms with Gasteiger partial charge in [0, 0.05) is 30.6 Å². The van der Waals surface area contributed by atoms with Gasteiger partial charge in [-0.1, -0.05) is 24.3 Å². The Hall–Kier alpha value is -1.94. The summed E-state index contributed by atoms with van der Waals surface area (Å²) in [6.07, 6.45) is 3.36. The van der Waals surface area contributed by atoms with Crippen LogP contribution >= 0.6 is 0 Å². The molecule has 1 aromatic carbocycles. The van der Waals surface area contributed by atoms with Gasteiger partial charge in [0.2, 0.25) is 0 Å². The number of rotatable bonds is 1. The van der Waals surface area contributed by atoms with Crippen LogP contribution in [0.5, 0.6) is 0 Å². The molecule has 1 saturated heterocycles. The minimum Gasteiger partial charge on any atom is -0.393 e. The van der Waals surface area contributed by atoms with Gasteiger partial charge in [0.1, 0.15) is 5.69 Å². The van der Waals surface area contributed by atoms with Crippen molar-refractivity contribution >= 4 is 16.7 Å². The van der Waals surface area contributed by atoms with Gasteiger partial charge in [-0.15, -0.1) is 0 Å². The molecule has 3 atom stereocenters. The summed E-state index contributed by atoms with van der Waals surface area (Å²) in [6, 6.07) is 9.77. The van der Waals surface area contributed by atoms with Crippen LogP contribution in [0, 0.1) is 11.8 Å². The second-order valence-electron chi connectivity index (χ2n) is 6.16. The lowest BCUT2D eigenvalue weighted by molar-refractivity contribution is 0.0749. The quantitative estimate of drug-likeness (QED) is 0.871. The summed E-state index contributed by atoms with van der Waals surface area (Å²) in [7, 11) is 0. The maximum absolute atomic E-state index is 12.8. The summed E-state index contributed by atoms with van der Waals surface area (Å²) in [4.78, 5) is 19.0. The lowest BCUT2D eigenvalue weighted by atomic mass is 10.00. The van der Waals surface area contributed by atoms with Gasteiger partial charge in [-0.3, -0.25) is 9.78 Å². The van der Waals surface area contributed by atoms with Gasteiger partial charge < -0.3 is 10.0 Å². The molecule has 0 spiro atoms. The fourth-order valence-electron chi connectivity index (χ4n) is 3.84. The number of amides is 1. The van der Waals surface area contributed by atoms with Gasteiger partial charge in [-0.25, -0.2) is 0 Å². The smallest absolute Gasteiger partial charge is 0.273 e. The molecule has 0 bridgehead atoms. The van der Waals surface area contributed by atoms with E-state index in [0.717, 1.165) is 30.2 Å². The molecule has 2 heterocycles. The number of nitrogens with zero attached hydrogens (tertiary/aromatic N) is 2. The molecule has 1 saturated carbocycles. The first kappa shape index (κ1) is 12.8. The topological polar surface area (TPSA) is 53.4 Å². The van der Waals surface area contributed by atoms with Crippen molar-refractivity contribution in [3.8, 4) is 0 Å². The third-order valence-corrected chi connectivity index (χ3v) is 4.98. The molecular weight excluding hydrogens is 264 g/mol. The highest BCUT2D eigenvalue weighted by atomic mass is 16.3. The molecule has 1 N–H and O–H groups in total. The van der Waals surface area contributed by atoms with Crippen LogP contribution in [0.3, 0.4) is 0 Å². The monoisotopic (exact) mass is 282 g/mol. The summed E-state index contributed by atoms with van der Waals surface area (Å²) in [6.45, 7) is 1.42. The number of likely N-dealkylation sites (tertiary alicyclic amines) is 1. The highest BCUT2D eigenvalue weighted by Gasteiger charge is 2.43. The first-order valence-corrected chi connectivity index (χ1v) is 7.55. The molecule has 108 valence electrons. The molecule has 2 aromatic rings. The molecule has 1 aromatic heterocycles. The van der Waals surface area contributed by atoms with E-state index in [9.17, 15) is 9.90 Å². The zero-order valence-corrected chi connectivity index (χ0v) is 11.8. The van der Waals surface area contributed by atoms with Crippen LogP contribution in [0.25, 0.3) is 10.8 Å². The van der Waals surface area contributed by atoms with E-state index in [1.807, 2.05) is 35.2 Å². The lowest BCUT2D eigenvalue weighted by Crippen LogP contribution is -2.31. The molecule has 4 rings (SSSR count). The average Bonchev–Trinajstić information content (AvgIpc) is 3.08. The van der Waals surface area contributed by atoms with E-state index in [4.69, 9.17) is 0 Å². The van der Waals surface area contributed by atoms with Crippen molar-refractivity contribution in [2.75, 3.05) is 13.1 Å². The number of carbonyl (C=O) groups is 1. The van der Waals surface area contributed by atoms with E-state index in [2.05, 4.69) is 4.98 Å². The van der Waals surface area contributed by atoms with E-state index >= 15 is 0 Å². The number of benzene rings is 1. The predicted molar refractivity (Wildman–Crippen MR) is 79.9 cm³/mol. The maximum atomic E-state index is 12.8. The molecule has 1 aliphatic heterocycles. The summed E-state index contributed by atoms with van der Waals surface area (Å²) in [5.41, 5.74) is 0.530. The van der Waals surface area contributed by atoms with Crippen LogP contribution < -0.4 is 0 Å². The largest absolute Gasteiger partial charge is 0.393 e. The van der Waals surface area contributed by atoms with Gasteiger partial charge in [-0.2, -0.15) is 0 Å². The number of hydrogen-bond acceptors (Lipinski definition) is 3.